The van der Waals surface area contributed by atoms with Crippen molar-refractivity contribution in [2.75, 3.05) is 4.90 Å². The van der Waals surface area contributed by atoms with Crippen LogP contribution in [0.4, 0.5) is 17.1 Å². The van der Waals surface area contributed by atoms with Crippen molar-refractivity contribution in [1.29, 1.82) is 0 Å². The Morgan fingerprint density at radius 2 is 1.09 bits per heavy atom. The van der Waals surface area contributed by atoms with Crippen LogP contribution < -0.4 is 4.90 Å². The fourth-order valence-electron chi connectivity index (χ4n) is 4.87. The Morgan fingerprint density at radius 1 is 0.477 bits per heavy atom. The molecule has 0 amide bonds. The van der Waals surface area contributed by atoms with Gasteiger partial charge < -0.3 is 4.90 Å². The Kier molecular flexibility index (Phi) is 2.09. The highest BCUT2D eigenvalue weighted by Crippen LogP contribution is 2.53. The molecule has 0 aromatic heterocycles. The first kappa shape index (κ1) is 8.83. The molecule has 0 fully saturated rings. The van der Waals surface area contributed by atoms with Gasteiger partial charge in [0.05, 0.1) is 37.0 Å². The molecule has 0 N–H and O–H groups in total. The molecule has 1 aliphatic carbocycles. The molecule has 0 saturated carbocycles. The number of hydrogen-bond donors (Lipinski definition) is 0. The van der Waals surface area contributed by atoms with Crippen molar-refractivity contribution in [2.45, 2.75) is 19.1 Å². The van der Waals surface area contributed by atoms with Crippen molar-refractivity contribution < 1.29 is 45.2 Å². The lowest BCUT2D eigenvalue weighted by Gasteiger charge is -2.37. The number of fused-ring (bicyclic) bond motifs is 2. The first-order chi connectivity index (χ1) is 35.3. The van der Waals surface area contributed by atoms with E-state index in [2.05, 4.69) is 0 Å². The van der Waals surface area contributed by atoms with Crippen molar-refractivity contribution in [2.24, 2.45) is 0 Å². The third-order valence-corrected chi connectivity index (χ3v) is 6.76. The monoisotopic (exact) mass is 596 g/mol. The lowest BCUT2D eigenvalue weighted by molar-refractivity contribution is 0.645. The van der Waals surface area contributed by atoms with Crippen molar-refractivity contribution in [1.82, 2.24) is 0 Å². The molecule has 8 rings (SSSR count). The van der Waals surface area contributed by atoms with Gasteiger partial charge in [-0.25, -0.2) is 0 Å². The maximum Gasteiger partial charge on any atom is 0.0652 e. The highest BCUT2D eigenvalue weighted by atomic mass is 15.1. The van der Waals surface area contributed by atoms with E-state index in [1.807, 2.05) is 0 Å². The Hall–Kier alpha value is -5.40. The minimum Gasteiger partial charge on any atom is -0.310 e. The molecule has 0 bridgehead atoms. The van der Waals surface area contributed by atoms with Gasteiger partial charge in [0.1, 0.15) is 0 Å². The fraction of sp³-hybridized carbons (Fsp3) is 0.0698. The third-order valence-electron chi connectivity index (χ3n) is 6.76. The molecule has 0 saturated heterocycles. The summed E-state index contributed by atoms with van der Waals surface area (Å²) in [5, 5.41) is -1.98. The van der Waals surface area contributed by atoms with E-state index in [4.69, 9.17) is 31.5 Å². The van der Waals surface area contributed by atoms with E-state index in [0.29, 0.717) is 0 Å². The number of benzene rings is 7. The van der Waals surface area contributed by atoms with Crippen molar-refractivity contribution in [3.05, 3.63) is 174 Å². The molecule has 0 atom stereocenters. The second kappa shape index (κ2) is 10.4. The average molecular weight is 597 g/mol. The van der Waals surface area contributed by atoms with Crippen molar-refractivity contribution in [3.63, 3.8) is 0 Å². The number of nitrogens with zero attached hydrogens (tertiary/aromatic N) is 1. The van der Waals surface area contributed by atoms with Crippen LogP contribution >= 0.6 is 0 Å². The summed E-state index contributed by atoms with van der Waals surface area (Å²) >= 11 is 0. The van der Waals surface area contributed by atoms with Gasteiger partial charge in [-0.1, -0.05) is 141 Å². The van der Waals surface area contributed by atoms with Crippen molar-refractivity contribution in [3.8, 4) is 33.4 Å². The predicted molar refractivity (Wildman–Crippen MR) is 187 cm³/mol. The molecular formula is C43H33N. The van der Waals surface area contributed by atoms with Gasteiger partial charge in [-0.05, 0) is 91.5 Å². The summed E-state index contributed by atoms with van der Waals surface area (Å²) in [6, 6.07) is -32.4. The number of anilines is 3. The normalized spacial score (nSPS) is 24.1. The van der Waals surface area contributed by atoms with E-state index in [0.717, 1.165) is 0 Å². The van der Waals surface area contributed by atoms with Crippen LogP contribution in [0, 0.1) is 0 Å². The minimum absolute atomic E-state index is 0.193. The Balaban J connectivity index is 1.76. The fourth-order valence-corrected chi connectivity index (χ4v) is 4.87. The molecule has 44 heavy (non-hydrogen) atoms. The molecule has 0 unspecified atom stereocenters. The van der Waals surface area contributed by atoms with Gasteiger partial charge >= 0.3 is 0 Å². The summed E-state index contributed by atoms with van der Waals surface area (Å²) in [5.74, 6) is 0. The highest BCUT2D eigenvalue weighted by molar-refractivity contribution is 6.09. The zero-order valence-corrected chi connectivity index (χ0v) is 21.9. The Labute approximate surface area is 306 Å². The highest BCUT2D eigenvalue weighted by Gasteiger charge is 2.35. The van der Waals surface area contributed by atoms with E-state index in [1.165, 1.54) is 0 Å². The van der Waals surface area contributed by atoms with Gasteiger partial charge in [0.15, 0.2) is 0 Å². The lowest BCUT2D eigenvalue weighted by atomic mass is 9.67. The molecule has 0 spiro atoms. The molecule has 1 nitrogen and oxygen atoms in total. The Bertz CT molecular complexity index is 3740. The van der Waals surface area contributed by atoms with Gasteiger partial charge in [0.2, 0.25) is 0 Å². The SMILES string of the molecule is [2H]c1c([2H])c([2H])c(-c2c([2H])c([2H])c(N(c3c([2H])c([2H])c([2H])c([2H])c3[2H])c3c([2H])c([2H])c4c(c3[2H])-c3c(-c5c([2H])c([2H])c([2H])c([2H])c5[2H])c([2H])c([2H])c5c([2H])c([2H])c([2H])c(c35)C4(C([2H])([2H])[2H])C([2H])([2H])[2H])c([2H])c2[2H])c([2H])c1[2H]. The molecule has 0 heterocycles. The third kappa shape index (κ3) is 4.24. The van der Waals surface area contributed by atoms with Crippen LogP contribution in [-0.4, -0.2) is 0 Å². The molecule has 0 aliphatic heterocycles. The molecule has 1 aliphatic rings. The second-order valence-corrected chi connectivity index (χ2v) is 9.26. The molecule has 7 aromatic rings. The van der Waals surface area contributed by atoms with Crippen LogP contribution in [0.2, 0.25) is 0 Å². The van der Waals surface area contributed by atoms with E-state index in [-0.39, 0.29) is 4.90 Å². The summed E-state index contributed by atoms with van der Waals surface area (Å²) in [4.78, 5) is 0.193. The summed E-state index contributed by atoms with van der Waals surface area (Å²) in [6.45, 7) is -8.26. The molecule has 0 radical (unpaired) electrons. The first-order valence-electron chi connectivity index (χ1n) is 29.2. The smallest absolute Gasteiger partial charge is 0.0652 e. The maximum atomic E-state index is 10.3. The standard InChI is InChI=1S/C43H33N/c1-43(2)39-28-26-36(44(34-18-10-5-11-19-34)35-24-21-31(22-25-35)30-13-6-3-7-14-30)29-38(39)42-37(32-15-8-4-9-16-32)27-23-33-17-12-20-40(43)41(33)42/h3-29H,1-2H3/i1D3,2D3,3D,4D,5D,6D,7D,8D,9D,10D,11D,12D,13D,14D,15D,16D,17D,18D,19D,20D,21D,22D,23D,24D,25D,26D,27D,28D,29D. The van der Waals surface area contributed by atoms with E-state index >= 15 is 0 Å². The second-order valence-electron chi connectivity index (χ2n) is 9.26. The lowest BCUT2D eigenvalue weighted by Crippen LogP contribution is -2.24. The molecule has 210 valence electrons. The summed E-state index contributed by atoms with van der Waals surface area (Å²) in [6.07, 6.45) is 0. The van der Waals surface area contributed by atoms with Crippen molar-refractivity contribution >= 4 is 27.8 Å². The topological polar surface area (TPSA) is 3.24 Å². The summed E-state index contributed by atoms with van der Waals surface area (Å²) < 4.78 is 297. The quantitative estimate of drug-likeness (QED) is 0.191. The minimum atomic E-state index is -4.13. The zero-order valence-electron chi connectivity index (χ0n) is 54.9. The van der Waals surface area contributed by atoms with Gasteiger partial charge in [0, 0.05) is 30.7 Å². The van der Waals surface area contributed by atoms with Crippen LogP contribution in [0.25, 0.3) is 44.2 Å². The van der Waals surface area contributed by atoms with E-state index < -0.39 is 255 Å². The summed E-state index contributed by atoms with van der Waals surface area (Å²) in [7, 11) is 0. The molecular weight excluding hydrogens is 530 g/mol. The van der Waals surface area contributed by atoms with Crippen LogP contribution in [0.3, 0.4) is 0 Å². The largest absolute Gasteiger partial charge is 0.310 e. The number of rotatable bonds is 5. The van der Waals surface area contributed by atoms with Gasteiger partial charge in [-0.2, -0.15) is 0 Å². The van der Waals surface area contributed by atoms with Gasteiger partial charge in [0.25, 0.3) is 0 Å². The van der Waals surface area contributed by atoms with Crippen LogP contribution in [0.15, 0.2) is 163 Å². The number of para-hydroxylation sites is 1. The van der Waals surface area contributed by atoms with E-state index in [1.54, 1.807) is 0 Å². The van der Waals surface area contributed by atoms with Gasteiger partial charge in [-0.15, -0.1) is 0 Å². The number of hydrogen-bond acceptors (Lipinski definition) is 1. The molecule has 1 heteroatoms. The van der Waals surface area contributed by atoms with Crippen LogP contribution in [0.1, 0.15) is 70.1 Å². The van der Waals surface area contributed by atoms with Gasteiger partial charge in [-0.3, -0.25) is 0 Å². The van der Waals surface area contributed by atoms with Crippen LogP contribution in [0.5, 0.6) is 0 Å². The average Bonchev–Trinajstić information content (AvgIpc) is 3.35. The zero-order chi connectivity index (χ0) is 58.2. The molecule has 7 aromatic carbocycles. The van der Waals surface area contributed by atoms with Crippen LogP contribution in [-0.2, 0) is 5.41 Å². The summed E-state index contributed by atoms with van der Waals surface area (Å²) in [5.41, 5.74) is -16.6. The predicted octanol–water partition coefficient (Wildman–Crippen LogP) is 11.9. The Morgan fingerprint density at radius 3 is 1.80 bits per heavy atom. The van der Waals surface area contributed by atoms with E-state index in [9.17, 15) is 13.7 Å². The maximum absolute atomic E-state index is 10.3. The first-order valence-corrected chi connectivity index (χ1v) is 12.7.